The maximum absolute atomic E-state index is 12.1. The third-order valence-electron chi connectivity index (χ3n) is 3.41. The molecule has 3 rings (SSSR count). The van der Waals surface area contributed by atoms with E-state index in [1.807, 2.05) is 43.5 Å². The summed E-state index contributed by atoms with van der Waals surface area (Å²) in [6, 6.07) is 13.0. The zero-order valence-corrected chi connectivity index (χ0v) is 11.7. The van der Waals surface area contributed by atoms with Gasteiger partial charge in [-0.05, 0) is 53.8 Å². The minimum Gasteiger partial charge on any atom is -0.506 e. The number of amides is 1. The van der Waals surface area contributed by atoms with Crippen LogP contribution in [0.1, 0.15) is 11.1 Å². The van der Waals surface area contributed by atoms with Gasteiger partial charge in [0.15, 0.2) is 0 Å². The number of phenolic OH excluding ortho intramolecular Hbond substituents is 1. The number of nitrogens with one attached hydrogen (secondary N) is 2. The number of hydrogen-bond donors (Lipinski definition) is 3. The van der Waals surface area contributed by atoms with Crippen molar-refractivity contribution in [1.29, 1.82) is 0 Å². The van der Waals surface area contributed by atoms with E-state index in [-0.39, 0.29) is 18.1 Å². The number of aromatic hydroxyl groups is 1. The van der Waals surface area contributed by atoms with Crippen molar-refractivity contribution in [2.24, 2.45) is 0 Å². The van der Waals surface area contributed by atoms with E-state index in [4.69, 9.17) is 0 Å². The highest BCUT2D eigenvalue weighted by Crippen LogP contribution is 2.24. The van der Waals surface area contributed by atoms with Crippen LogP contribution in [-0.2, 0) is 11.2 Å². The lowest BCUT2D eigenvalue weighted by Crippen LogP contribution is -2.14. The molecule has 0 unspecified atom stereocenters. The highest BCUT2D eigenvalue weighted by atomic mass is 16.3. The summed E-state index contributed by atoms with van der Waals surface area (Å²) in [7, 11) is 0. The van der Waals surface area contributed by atoms with Crippen molar-refractivity contribution in [3.8, 4) is 5.75 Å². The van der Waals surface area contributed by atoms with Crippen LogP contribution in [0, 0.1) is 6.92 Å². The van der Waals surface area contributed by atoms with Crippen LogP contribution in [-0.4, -0.2) is 16.0 Å². The summed E-state index contributed by atoms with van der Waals surface area (Å²) in [6.07, 6.45) is 2.15. The first-order chi connectivity index (χ1) is 10.1. The van der Waals surface area contributed by atoms with Crippen molar-refractivity contribution in [2.75, 3.05) is 5.32 Å². The van der Waals surface area contributed by atoms with Crippen molar-refractivity contribution >= 4 is 22.5 Å². The number of anilines is 1. The number of benzene rings is 2. The number of fused-ring (bicyclic) bond motifs is 1. The third-order valence-corrected chi connectivity index (χ3v) is 3.41. The summed E-state index contributed by atoms with van der Waals surface area (Å²) >= 11 is 0. The number of aromatic amines is 1. The molecular weight excluding hydrogens is 264 g/mol. The molecule has 0 atom stereocenters. The van der Waals surface area contributed by atoms with Crippen LogP contribution in [0.4, 0.5) is 5.69 Å². The fourth-order valence-corrected chi connectivity index (χ4v) is 2.34. The van der Waals surface area contributed by atoms with Crippen LogP contribution in [0.3, 0.4) is 0 Å². The number of hydrogen-bond acceptors (Lipinski definition) is 2. The second-order valence-electron chi connectivity index (χ2n) is 5.14. The van der Waals surface area contributed by atoms with E-state index in [1.54, 1.807) is 12.1 Å². The molecule has 21 heavy (non-hydrogen) atoms. The second kappa shape index (κ2) is 5.32. The summed E-state index contributed by atoms with van der Waals surface area (Å²) in [5, 5.41) is 13.6. The normalized spacial score (nSPS) is 10.7. The molecule has 0 bridgehead atoms. The molecule has 1 aromatic heterocycles. The quantitative estimate of drug-likeness (QED) is 0.644. The zero-order valence-electron chi connectivity index (χ0n) is 11.7. The van der Waals surface area contributed by atoms with Crippen molar-refractivity contribution < 1.29 is 9.90 Å². The Balaban J connectivity index is 1.73. The zero-order chi connectivity index (χ0) is 14.8. The molecular formula is C17H16N2O2. The number of carbonyl (C=O) groups excluding carboxylic acids is 1. The molecule has 0 aliphatic heterocycles. The minimum atomic E-state index is -0.149. The Morgan fingerprint density at radius 2 is 2.05 bits per heavy atom. The molecule has 106 valence electrons. The van der Waals surface area contributed by atoms with Gasteiger partial charge in [-0.1, -0.05) is 12.1 Å². The van der Waals surface area contributed by atoms with Gasteiger partial charge in [-0.3, -0.25) is 4.79 Å². The number of aryl methyl sites for hydroxylation is 1. The number of phenols is 1. The Morgan fingerprint density at radius 1 is 1.19 bits per heavy atom. The monoisotopic (exact) mass is 280 g/mol. The van der Waals surface area contributed by atoms with Crippen molar-refractivity contribution in [2.45, 2.75) is 13.3 Å². The lowest BCUT2D eigenvalue weighted by Gasteiger charge is -2.08. The Labute approximate surface area is 122 Å². The summed E-state index contributed by atoms with van der Waals surface area (Å²) in [5.74, 6) is -0.0616. The van der Waals surface area contributed by atoms with Gasteiger partial charge in [0.1, 0.15) is 5.75 Å². The van der Waals surface area contributed by atoms with E-state index >= 15 is 0 Å². The lowest BCUT2D eigenvalue weighted by molar-refractivity contribution is -0.115. The fourth-order valence-electron chi connectivity index (χ4n) is 2.34. The average molecular weight is 280 g/mol. The first-order valence-corrected chi connectivity index (χ1v) is 6.77. The summed E-state index contributed by atoms with van der Waals surface area (Å²) < 4.78 is 0. The summed E-state index contributed by atoms with van der Waals surface area (Å²) in [6.45, 7) is 1.89. The first-order valence-electron chi connectivity index (χ1n) is 6.77. The molecule has 4 heteroatoms. The number of rotatable bonds is 3. The van der Waals surface area contributed by atoms with E-state index in [1.165, 1.54) is 0 Å². The van der Waals surface area contributed by atoms with Crippen molar-refractivity contribution in [3.63, 3.8) is 0 Å². The lowest BCUT2D eigenvalue weighted by atomic mass is 10.1. The van der Waals surface area contributed by atoms with Crippen LogP contribution in [0.15, 0.2) is 48.7 Å². The van der Waals surface area contributed by atoms with Gasteiger partial charge in [-0.25, -0.2) is 0 Å². The van der Waals surface area contributed by atoms with Crippen molar-refractivity contribution in [1.82, 2.24) is 4.98 Å². The molecule has 1 heterocycles. The average Bonchev–Trinajstić information content (AvgIpc) is 2.89. The van der Waals surface area contributed by atoms with Gasteiger partial charge in [-0.2, -0.15) is 0 Å². The third kappa shape index (κ3) is 2.89. The molecule has 0 radical (unpaired) electrons. The second-order valence-corrected chi connectivity index (χ2v) is 5.14. The van der Waals surface area contributed by atoms with Crippen LogP contribution in [0.25, 0.3) is 10.9 Å². The molecule has 0 spiro atoms. The van der Waals surface area contributed by atoms with Crippen LogP contribution in [0.5, 0.6) is 5.75 Å². The van der Waals surface area contributed by atoms with Gasteiger partial charge in [0.2, 0.25) is 5.91 Å². The molecule has 0 aliphatic carbocycles. The van der Waals surface area contributed by atoms with E-state index in [9.17, 15) is 9.90 Å². The molecule has 0 saturated carbocycles. The topological polar surface area (TPSA) is 65.1 Å². The Morgan fingerprint density at radius 3 is 2.86 bits per heavy atom. The molecule has 4 nitrogen and oxygen atoms in total. The maximum Gasteiger partial charge on any atom is 0.228 e. The van der Waals surface area contributed by atoms with E-state index in [0.717, 1.165) is 22.0 Å². The predicted molar refractivity (Wildman–Crippen MR) is 83.5 cm³/mol. The van der Waals surface area contributed by atoms with Gasteiger partial charge in [0, 0.05) is 11.7 Å². The minimum absolute atomic E-state index is 0.0874. The van der Waals surface area contributed by atoms with Gasteiger partial charge in [0.25, 0.3) is 0 Å². The van der Waals surface area contributed by atoms with Crippen LogP contribution >= 0.6 is 0 Å². The van der Waals surface area contributed by atoms with E-state index in [0.29, 0.717) is 5.69 Å². The molecule has 0 aliphatic rings. The Bertz CT molecular complexity index is 805. The van der Waals surface area contributed by atoms with E-state index in [2.05, 4.69) is 10.3 Å². The van der Waals surface area contributed by atoms with Gasteiger partial charge in [-0.15, -0.1) is 0 Å². The molecule has 0 saturated heterocycles. The largest absolute Gasteiger partial charge is 0.506 e. The number of aromatic nitrogens is 1. The van der Waals surface area contributed by atoms with Crippen LogP contribution < -0.4 is 5.32 Å². The highest BCUT2D eigenvalue weighted by molar-refractivity contribution is 5.94. The van der Waals surface area contributed by atoms with Gasteiger partial charge >= 0.3 is 0 Å². The molecule has 1 amide bonds. The first kappa shape index (κ1) is 13.2. The Hall–Kier alpha value is -2.75. The molecule has 2 aromatic carbocycles. The highest BCUT2D eigenvalue weighted by Gasteiger charge is 2.08. The van der Waals surface area contributed by atoms with Crippen LogP contribution in [0.2, 0.25) is 0 Å². The summed E-state index contributed by atoms with van der Waals surface area (Å²) in [4.78, 5) is 15.2. The molecule has 3 N–H and O–H groups in total. The fraction of sp³-hybridized carbons (Fsp3) is 0.118. The maximum atomic E-state index is 12.1. The molecule has 0 fully saturated rings. The van der Waals surface area contributed by atoms with Crippen molar-refractivity contribution in [3.05, 3.63) is 59.8 Å². The number of H-pyrrole nitrogens is 1. The summed E-state index contributed by atoms with van der Waals surface area (Å²) in [5.41, 5.74) is 3.37. The van der Waals surface area contributed by atoms with E-state index < -0.39 is 0 Å². The smallest absolute Gasteiger partial charge is 0.228 e. The van der Waals surface area contributed by atoms with Gasteiger partial charge < -0.3 is 15.4 Å². The Kier molecular flexibility index (Phi) is 3.36. The SMILES string of the molecule is Cc1ccc(NC(=O)Cc2ccc3[nH]ccc3c2)c(O)c1. The molecule has 3 aromatic rings. The standard InChI is InChI=1S/C17H16N2O2/c1-11-2-4-15(16(20)8-11)19-17(21)10-12-3-5-14-13(9-12)6-7-18-14/h2-9,18,20H,10H2,1H3,(H,19,21). The number of carbonyl (C=O) groups is 1. The predicted octanol–water partition coefficient (Wildman–Crippen LogP) is 3.36. The van der Waals surface area contributed by atoms with Gasteiger partial charge in [0.05, 0.1) is 12.1 Å².